The molecule has 10 heteroatoms. The lowest BCUT2D eigenvalue weighted by molar-refractivity contribution is -0.117. The fourth-order valence-electron chi connectivity index (χ4n) is 4.91. The van der Waals surface area contributed by atoms with E-state index in [1.165, 1.54) is 13.6 Å². The number of nitrogens with one attached hydrogen (secondary N) is 1. The van der Waals surface area contributed by atoms with Gasteiger partial charge >= 0.3 is 5.69 Å². The summed E-state index contributed by atoms with van der Waals surface area (Å²) in [6, 6.07) is 12.2. The normalized spacial score (nSPS) is 13.9. The molecule has 2 aromatic heterocycles. The number of hydrogen-bond donors (Lipinski definition) is 1. The van der Waals surface area contributed by atoms with Crippen LogP contribution in [0.4, 0.5) is 5.69 Å². The maximum Gasteiger partial charge on any atom is 0.352 e. The molecule has 0 saturated carbocycles. The zero-order valence-electron chi connectivity index (χ0n) is 22.1. The predicted octanol–water partition coefficient (Wildman–Crippen LogP) is 2.78. The standard InChI is InChI=1S/C28H32N6O4/c1-17(2)15-32-26(37)22-12-9-20(25(36)29-18(3)4)14-23(22)34-27(32)30-33(28(34)38)16-19-7-10-21(11-8-19)31-13-5-6-24(31)35/h7-12,14,17-18H,5-6,13,15-16H2,1-4H3,(H,29,36). The first kappa shape index (κ1) is 25.4. The molecule has 10 nitrogen and oxygen atoms in total. The van der Waals surface area contributed by atoms with Gasteiger partial charge in [0.05, 0.1) is 17.4 Å². The summed E-state index contributed by atoms with van der Waals surface area (Å²) in [6.07, 6.45) is 1.41. The Bertz CT molecular complexity index is 1660. The molecular weight excluding hydrogens is 484 g/mol. The molecule has 0 aliphatic carbocycles. The van der Waals surface area contributed by atoms with E-state index in [9.17, 15) is 19.2 Å². The monoisotopic (exact) mass is 516 g/mol. The Morgan fingerprint density at radius 2 is 1.76 bits per heavy atom. The Kier molecular flexibility index (Phi) is 6.64. The van der Waals surface area contributed by atoms with Crippen LogP contribution in [0.3, 0.4) is 0 Å². The minimum atomic E-state index is -0.400. The molecule has 38 heavy (non-hydrogen) atoms. The topological polar surface area (TPSA) is 111 Å². The summed E-state index contributed by atoms with van der Waals surface area (Å²) in [6.45, 7) is 9.02. The van der Waals surface area contributed by atoms with E-state index < -0.39 is 5.69 Å². The van der Waals surface area contributed by atoms with Gasteiger partial charge in [0, 0.05) is 36.8 Å². The highest BCUT2D eigenvalue weighted by atomic mass is 16.2. The molecule has 198 valence electrons. The number of anilines is 1. The van der Waals surface area contributed by atoms with Crippen LogP contribution in [0.15, 0.2) is 52.1 Å². The second kappa shape index (κ2) is 9.92. The molecule has 0 atom stereocenters. The van der Waals surface area contributed by atoms with Crippen molar-refractivity contribution in [3.8, 4) is 0 Å². The molecule has 5 rings (SSSR count). The largest absolute Gasteiger partial charge is 0.352 e. The number of fused-ring (bicyclic) bond motifs is 3. The molecule has 4 aromatic rings. The first-order valence-electron chi connectivity index (χ1n) is 13.0. The molecule has 1 N–H and O–H groups in total. The van der Waals surface area contributed by atoms with Crippen molar-refractivity contribution in [1.29, 1.82) is 0 Å². The highest BCUT2D eigenvalue weighted by Crippen LogP contribution is 2.22. The average molecular weight is 517 g/mol. The third-order valence-electron chi connectivity index (χ3n) is 6.66. The maximum absolute atomic E-state index is 13.7. The molecule has 2 aromatic carbocycles. The molecule has 0 unspecified atom stereocenters. The highest BCUT2D eigenvalue weighted by Gasteiger charge is 2.22. The fourth-order valence-corrected chi connectivity index (χ4v) is 4.91. The fraction of sp³-hybridized carbons (Fsp3) is 0.393. The second-order valence-corrected chi connectivity index (χ2v) is 10.6. The molecule has 1 aliphatic rings. The van der Waals surface area contributed by atoms with Gasteiger partial charge in [0.15, 0.2) is 0 Å². The lowest BCUT2D eigenvalue weighted by Gasteiger charge is -2.15. The summed E-state index contributed by atoms with van der Waals surface area (Å²) < 4.78 is 4.28. The highest BCUT2D eigenvalue weighted by molar-refractivity contribution is 5.98. The van der Waals surface area contributed by atoms with Crippen LogP contribution in [-0.4, -0.2) is 43.1 Å². The quantitative estimate of drug-likeness (QED) is 0.406. The Hall–Kier alpha value is -4.21. The first-order chi connectivity index (χ1) is 18.1. The second-order valence-electron chi connectivity index (χ2n) is 10.6. The smallest absolute Gasteiger partial charge is 0.350 e. The summed E-state index contributed by atoms with van der Waals surface area (Å²) in [5.74, 6) is 0.220. The Labute approximate surface area is 219 Å². The summed E-state index contributed by atoms with van der Waals surface area (Å²) in [5.41, 5.74) is 1.73. The van der Waals surface area contributed by atoms with Gasteiger partial charge in [-0.05, 0) is 62.1 Å². The van der Waals surface area contributed by atoms with E-state index >= 15 is 0 Å². The Morgan fingerprint density at radius 3 is 2.39 bits per heavy atom. The number of aromatic nitrogens is 4. The predicted molar refractivity (Wildman–Crippen MR) is 146 cm³/mol. The van der Waals surface area contributed by atoms with Crippen LogP contribution in [0.25, 0.3) is 16.7 Å². The zero-order chi connectivity index (χ0) is 27.1. The van der Waals surface area contributed by atoms with Gasteiger partial charge in [0.2, 0.25) is 11.7 Å². The van der Waals surface area contributed by atoms with Crippen LogP contribution in [0, 0.1) is 5.92 Å². The minimum absolute atomic E-state index is 0.0577. The van der Waals surface area contributed by atoms with E-state index in [0.717, 1.165) is 17.7 Å². The lowest BCUT2D eigenvalue weighted by atomic mass is 10.1. The van der Waals surface area contributed by atoms with E-state index in [0.29, 0.717) is 36.0 Å². The van der Waals surface area contributed by atoms with Crippen LogP contribution in [-0.2, 0) is 17.9 Å². The van der Waals surface area contributed by atoms with E-state index in [-0.39, 0.29) is 41.7 Å². The minimum Gasteiger partial charge on any atom is -0.350 e. The Balaban J connectivity index is 1.61. The van der Waals surface area contributed by atoms with E-state index in [2.05, 4.69) is 10.4 Å². The van der Waals surface area contributed by atoms with Crippen molar-refractivity contribution in [2.24, 2.45) is 5.92 Å². The van der Waals surface area contributed by atoms with Gasteiger partial charge in [-0.15, -0.1) is 5.10 Å². The van der Waals surface area contributed by atoms with Crippen molar-refractivity contribution in [3.05, 3.63) is 74.4 Å². The summed E-state index contributed by atoms with van der Waals surface area (Å²) in [5, 5.41) is 7.77. The van der Waals surface area contributed by atoms with Crippen LogP contribution < -0.4 is 21.5 Å². The van der Waals surface area contributed by atoms with Crippen LogP contribution in [0.1, 0.15) is 56.5 Å². The number of carbonyl (C=O) groups is 2. The van der Waals surface area contributed by atoms with Gasteiger partial charge in [-0.1, -0.05) is 26.0 Å². The van der Waals surface area contributed by atoms with E-state index in [1.54, 1.807) is 23.1 Å². The van der Waals surface area contributed by atoms with Crippen molar-refractivity contribution < 1.29 is 9.59 Å². The average Bonchev–Trinajstić information content (AvgIpc) is 3.44. The molecule has 0 spiro atoms. The lowest BCUT2D eigenvalue weighted by Crippen LogP contribution is -2.31. The first-order valence-corrected chi connectivity index (χ1v) is 13.0. The van der Waals surface area contributed by atoms with Crippen molar-refractivity contribution >= 4 is 34.2 Å². The summed E-state index contributed by atoms with van der Waals surface area (Å²) in [7, 11) is 0. The van der Waals surface area contributed by atoms with Crippen molar-refractivity contribution in [1.82, 2.24) is 24.1 Å². The van der Waals surface area contributed by atoms with Gasteiger partial charge in [-0.3, -0.25) is 19.0 Å². The maximum atomic E-state index is 13.7. The van der Waals surface area contributed by atoms with Crippen LogP contribution >= 0.6 is 0 Å². The molecule has 3 heterocycles. The molecule has 0 bridgehead atoms. The number of amides is 2. The van der Waals surface area contributed by atoms with Crippen LogP contribution in [0.2, 0.25) is 0 Å². The summed E-state index contributed by atoms with van der Waals surface area (Å²) >= 11 is 0. The molecule has 0 radical (unpaired) electrons. The van der Waals surface area contributed by atoms with E-state index in [1.807, 2.05) is 52.0 Å². The van der Waals surface area contributed by atoms with Crippen molar-refractivity contribution in [3.63, 3.8) is 0 Å². The van der Waals surface area contributed by atoms with Gasteiger partial charge in [0.1, 0.15) is 0 Å². The SMILES string of the molecule is CC(C)Cn1c(=O)c2ccc(C(=O)NC(C)C)cc2n2c(=O)n(Cc3ccc(N4CCCC4=O)cc3)nc12. The molecule has 1 saturated heterocycles. The van der Waals surface area contributed by atoms with Crippen molar-refractivity contribution in [2.45, 2.75) is 59.7 Å². The molecule has 2 amide bonds. The number of nitrogens with zero attached hydrogens (tertiary/aromatic N) is 5. The number of carbonyl (C=O) groups excluding carboxylic acids is 2. The molecular formula is C28H32N6O4. The zero-order valence-corrected chi connectivity index (χ0v) is 22.1. The third-order valence-corrected chi connectivity index (χ3v) is 6.66. The van der Waals surface area contributed by atoms with Crippen LogP contribution in [0.5, 0.6) is 0 Å². The Morgan fingerprint density at radius 1 is 1.03 bits per heavy atom. The van der Waals surface area contributed by atoms with E-state index in [4.69, 9.17) is 0 Å². The van der Waals surface area contributed by atoms with Crippen molar-refractivity contribution in [2.75, 3.05) is 11.4 Å². The van der Waals surface area contributed by atoms with Gasteiger partial charge in [-0.25, -0.2) is 13.9 Å². The molecule has 1 fully saturated rings. The molecule has 1 aliphatic heterocycles. The number of rotatable bonds is 7. The summed E-state index contributed by atoms with van der Waals surface area (Å²) in [4.78, 5) is 53.7. The van der Waals surface area contributed by atoms with Gasteiger partial charge in [0.25, 0.3) is 11.5 Å². The third kappa shape index (κ3) is 4.62. The van der Waals surface area contributed by atoms with Gasteiger partial charge < -0.3 is 10.2 Å². The van der Waals surface area contributed by atoms with Gasteiger partial charge in [-0.2, -0.15) is 0 Å². The number of hydrogen-bond acceptors (Lipinski definition) is 5. The number of benzene rings is 2.